The molecule has 3 aromatic heterocycles. The van der Waals surface area contributed by atoms with E-state index in [0.717, 1.165) is 24.4 Å². The smallest absolute Gasteiger partial charge is 0.224 e. The number of rotatable bonds is 5. The van der Waals surface area contributed by atoms with Crippen LogP contribution in [0, 0.1) is 5.92 Å². The van der Waals surface area contributed by atoms with Crippen LogP contribution in [-0.2, 0) is 11.2 Å². The summed E-state index contributed by atoms with van der Waals surface area (Å²) >= 11 is 0. The molecule has 4 rings (SSSR count). The summed E-state index contributed by atoms with van der Waals surface area (Å²) in [7, 11) is 3.85. The molecule has 0 amide bonds. The van der Waals surface area contributed by atoms with E-state index in [1.807, 2.05) is 56.2 Å². The van der Waals surface area contributed by atoms with Crippen LogP contribution in [0.25, 0.3) is 11.4 Å². The van der Waals surface area contributed by atoms with Crippen LogP contribution in [0.15, 0.2) is 49.3 Å². The summed E-state index contributed by atoms with van der Waals surface area (Å²) in [5.41, 5.74) is 2.19. The van der Waals surface area contributed by atoms with Gasteiger partial charge in [0.25, 0.3) is 0 Å². The maximum Gasteiger partial charge on any atom is 0.224 e. The number of anilines is 1. The molecule has 1 aliphatic heterocycles. The van der Waals surface area contributed by atoms with Gasteiger partial charge >= 0.3 is 0 Å². The molecule has 0 radical (unpaired) electrons. The lowest BCUT2D eigenvalue weighted by molar-refractivity contribution is 0.181. The highest BCUT2D eigenvalue weighted by Gasteiger charge is 2.31. The molecule has 1 aliphatic rings. The van der Waals surface area contributed by atoms with Crippen molar-refractivity contribution >= 4 is 5.95 Å². The van der Waals surface area contributed by atoms with Gasteiger partial charge in [-0.15, -0.1) is 0 Å². The van der Waals surface area contributed by atoms with E-state index in [1.165, 1.54) is 5.56 Å². The third kappa shape index (κ3) is 3.30. The van der Waals surface area contributed by atoms with Crippen molar-refractivity contribution in [1.82, 2.24) is 24.5 Å². The molecule has 134 valence electrons. The number of imidazole rings is 1. The first-order valence-corrected chi connectivity index (χ1v) is 8.71. The molecule has 0 spiro atoms. The van der Waals surface area contributed by atoms with Gasteiger partial charge in [0, 0.05) is 57.2 Å². The van der Waals surface area contributed by atoms with Crippen molar-refractivity contribution in [2.75, 3.05) is 32.2 Å². The highest BCUT2D eigenvalue weighted by Crippen LogP contribution is 2.32. The van der Waals surface area contributed by atoms with Crippen LogP contribution in [-0.4, -0.2) is 51.8 Å². The van der Waals surface area contributed by atoms with Crippen molar-refractivity contribution in [2.45, 2.75) is 12.5 Å². The number of aromatic nitrogens is 5. The van der Waals surface area contributed by atoms with Gasteiger partial charge in [-0.3, -0.25) is 4.98 Å². The number of hydrogen-bond donors (Lipinski definition) is 0. The molecular weight excluding hydrogens is 328 g/mol. The standard InChI is InChI=1S/C19H22N6O/c1-24(2)19-22-10-16(11-23-19)18-21-7-8-25(18)17-13-26-12-15(17)9-14-3-5-20-6-4-14/h3-8,10-11,15,17H,9,12-13H2,1-2H3/t15-,17-/m1/s1. The monoisotopic (exact) mass is 350 g/mol. The molecule has 0 bridgehead atoms. The molecule has 4 heterocycles. The van der Waals surface area contributed by atoms with E-state index >= 15 is 0 Å². The second-order valence-electron chi connectivity index (χ2n) is 6.75. The molecule has 1 fully saturated rings. The summed E-state index contributed by atoms with van der Waals surface area (Å²) in [4.78, 5) is 19.4. The van der Waals surface area contributed by atoms with Gasteiger partial charge in [-0.25, -0.2) is 15.0 Å². The van der Waals surface area contributed by atoms with Crippen LogP contribution in [0.5, 0.6) is 0 Å². The minimum atomic E-state index is 0.245. The van der Waals surface area contributed by atoms with Crippen LogP contribution in [0.3, 0.4) is 0 Å². The number of nitrogens with zero attached hydrogens (tertiary/aromatic N) is 6. The Bertz CT molecular complexity index is 846. The van der Waals surface area contributed by atoms with Gasteiger partial charge in [-0.2, -0.15) is 0 Å². The normalized spacial score (nSPS) is 19.6. The lowest BCUT2D eigenvalue weighted by Gasteiger charge is -2.21. The summed E-state index contributed by atoms with van der Waals surface area (Å²) in [6, 6.07) is 4.38. The van der Waals surface area contributed by atoms with Crippen molar-refractivity contribution < 1.29 is 4.74 Å². The minimum absolute atomic E-state index is 0.245. The van der Waals surface area contributed by atoms with Crippen LogP contribution in [0.1, 0.15) is 11.6 Å². The Morgan fingerprint density at radius 1 is 1.08 bits per heavy atom. The maximum absolute atomic E-state index is 5.81. The van der Waals surface area contributed by atoms with Crippen LogP contribution in [0.4, 0.5) is 5.95 Å². The van der Waals surface area contributed by atoms with Gasteiger partial charge in [0.1, 0.15) is 5.82 Å². The van der Waals surface area contributed by atoms with Gasteiger partial charge in [0.15, 0.2) is 0 Å². The summed E-state index contributed by atoms with van der Waals surface area (Å²) in [6.07, 6.45) is 12.1. The van der Waals surface area contributed by atoms with Gasteiger partial charge < -0.3 is 14.2 Å². The van der Waals surface area contributed by atoms with Crippen LogP contribution >= 0.6 is 0 Å². The highest BCUT2D eigenvalue weighted by molar-refractivity contribution is 5.54. The van der Waals surface area contributed by atoms with Gasteiger partial charge in [-0.1, -0.05) is 0 Å². The van der Waals surface area contributed by atoms with Gasteiger partial charge in [0.2, 0.25) is 5.95 Å². The van der Waals surface area contributed by atoms with Crippen molar-refractivity contribution in [3.63, 3.8) is 0 Å². The fourth-order valence-corrected chi connectivity index (χ4v) is 3.38. The van der Waals surface area contributed by atoms with E-state index in [1.54, 1.807) is 0 Å². The SMILES string of the molecule is CN(C)c1ncc(-c2nccn2[C@@H]2COC[C@H]2Cc2ccncc2)cn1. The third-order valence-electron chi connectivity index (χ3n) is 4.73. The van der Waals surface area contributed by atoms with Crippen molar-refractivity contribution in [2.24, 2.45) is 5.92 Å². The quantitative estimate of drug-likeness (QED) is 0.703. The molecule has 7 nitrogen and oxygen atoms in total. The predicted octanol–water partition coefficient (Wildman–Crippen LogP) is 2.23. The van der Waals surface area contributed by atoms with Crippen molar-refractivity contribution in [3.8, 4) is 11.4 Å². The first-order valence-electron chi connectivity index (χ1n) is 8.71. The first kappa shape index (κ1) is 16.7. The van der Waals surface area contributed by atoms with E-state index in [-0.39, 0.29) is 6.04 Å². The van der Waals surface area contributed by atoms with E-state index < -0.39 is 0 Å². The predicted molar refractivity (Wildman–Crippen MR) is 98.9 cm³/mol. The number of ether oxygens (including phenoxy) is 1. The number of pyridine rings is 1. The molecular formula is C19H22N6O. The van der Waals surface area contributed by atoms with E-state index in [9.17, 15) is 0 Å². The Morgan fingerprint density at radius 2 is 1.85 bits per heavy atom. The lowest BCUT2D eigenvalue weighted by Crippen LogP contribution is -2.20. The van der Waals surface area contributed by atoms with Gasteiger partial charge in [0.05, 0.1) is 24.8 Å². The minimum Gasteiger partial charge on any atom is -0.379 e. The average Bonchev–Trinajstić information content (AvgIpc) is 3.31. The van der Waals surface area contributed by atoms with Crippen LogP contribution in [0.2, 0.25) is 0 Å². The average molecular weight is 350 g/mol. The van der Waals surface area contributed by atoms with E-state index in [0.29, 0.717) is 18.5 Å². The fourth-order valence-electron chi connectivity index (χ4n) is 3.38. The molecule has 26 heavy (non-hydrogen) atoms. The molecule has 0 aromatic carbocycles. The first-order chi connectivity index (χ1) is 12.7. The Hall–Kier alpha value is -2.80. The summed E-state index contributed by atoms with van der Waals surface area (Å²) in [6.45, 7) is 1.44. The third-order valence-corrected chi connectivity index (χ3v) is 4.73. The maximum atomic E-state index is 5.81. The largest absolute Gasteiger partial charge is 0.379 e. The van der Waals surface area contributed by atoms with Crippen LogP contribution < -0.4 is 4.90 Å². The zero-order valence-electron chi connectivity index (χ0n) is 15.0. The molecule has 0 N–H and O–H groups in total. The Labute approximate surface area is 152 Å². The van der Waals surface area contributed by atoms with Gasteiger partial charge in [-0.05, 0) is 24.1 Å². The molecule has 2 atom stereocenters. The molecule has 3 aromatic rings. The second kappa shape index (κ2) is 7.21. The topological polar surface area (TPSA) is 69.0 Å². The summed E-state index contributed by atoms with van der Waals surface area (Å²) < 4.78 is 8.01. The van der Waals surface area contributed by atoms with Crippen molar-refractivity contribution in [1.29, 1.82) is 0 Å². The molecule has 0 unspecified atom stereocenters. The molecule has 7 heteroatoms. The fraction of sp³-hybridized carbons (Fsp3) is 0.368. The Kier molecular flexibility index (Phi) is 4.62. The summed E-state index contributed by atoms with van der Waals surface area (Å²) in [5.74, 6) is 1.96. The molecule has 0 saturated carbocycles. The molecule has 0 aliphatic carbocycles. The van der Waals surface area contributed by atoms with E-state index in [2.05, 4.69) is 36.6 Å². The second-order valence-corrected chi connectivity index (χ2v) is 6.75. The van der Waals surface area contributed by atoms with Crippen molar-refractivity contribution in [3.05, 3.63) is 54.9 Å². The molecule has 1 saturated heterocycles. The van der Waals surface area contributed by atoms with E-state index in [4.69, 9.17) is 4.74 Å². The summed E-state index contributed by atoms with van der Waals surface area (Å²) in [5, 5.41) is 0. The zero-order valence-corrected chi connectivity index (χ0v) is 15.0. The lowest BCUT2D eigenvalue weighted by atomic mass is 9.95. The zero-order chi connectivity index (χ0) is 17.9. The Morgan fingerprint density at radius 3 is 2.58 bits per heavy atom. The number of hydrogen-bond acceptors (Lipinski definition) is 6. The Balaban J connectivity index is 1.59. The highest BCUT2D eigenvalue weighted by atomic mass is 16.5.